The molecule has 0 aromatic carbocycles. The fraction of sp³-hybridized carbons (Fsp3) is 0.765. The van der Waals surface area contributed by atoms with Crippen LogP contribution in [-0.4, -0.2) is 4.83 Å². The van der Waals surface area contributed by atoms with Crippen molar-refractivity contribution in [2.24, 2.45) is 5.92 Å². The molecule has 0 nitrogen and oxygen atoms in total. The molecule has 2 heterocycles. The second-order valence-corrected chi connectivity index (χ2v) is 15.8. The van der Waals surface area contributed by atoms with Gasteiger partial charge >= 0.3 is 0 Å². The molecule has 218 valence electrons. The van der Waals surface area contributed by atoms with Crippen LogP contribution >= 0.6 is 54.5 Å². The van der Waals surface area contributed by atoms with Gasteiger partial charge in [0.05, 0.1) is 3.79 Å². The van der Waals surface area contributed by atoms with Crippen LogP contribution in [0.5, 0.6) is 0 Å². The van der Waals surface area contributed by atoms with E-state index in [2.05, 4.69) is 70.1 Å². The number of thiophene rings is 2. The van der Waals surface area contributed by atoms with E-state index in [1.54, 1.807) is 16.0 Å². The topological polar surface area (TPSA) is 0 Å². The Balaban J connectivity index is 2.01. The number of rotatable bonds is 24. The smallest absolute Gasteiger partial charge is 0.0740 e. The minimum Gasteiger partial charge on any atom is -0.143 e. The predicted molar refractivity (Wildman–Crippen MR) is 184 cm³/mol. The van der Waals surface area contributed by atoms with E-state index in [1.807, 2.05) is 22.7 Å². The molecule has 2 aromatic rings. The maximum absolute atomic E-state index is 4.18. The van der Waals surface area contributed by atoms with Gasteiger partial charge in [-0.1, -0.05) is 133 Å². The first-order chi connectivity index (χ1) is 18.6. The number of hydrogen-bond acceptors (Lipinski definition) is 2. The van der Waals surface area contributed by atoms with Crippen LogP contribution in [0.15, 0.2) is 21.3 Å². The zero-order chi connectivity index (χ0) is 27.4. The van der Waals surface area contributed by atoms with Gasteiger partial charge in [-0.3, -0.25) is 0 Å². The predicted octanol–water partition coefficient (Wildman–Crippen LogP) is 14.2. The highest BCUT2D eigenvalue weighted by molar-refractivity contribution is 9.11. The third kappa shape index (κ3) is 13.3. The van der Waals surface area contributed by atoms with Crippen molar-refractivity contribution < 1.29 is 0 Å². The molecule has 0 aliphatic heterocycles. The van der Waals surface area contributed by atoms with E-state index in [4.69, 9.17) is 0 Å². The molecule has 0 amide bonds. The summed E-state index contributed by atoms with van der Waals surface area (Å²) in [6.45, 7) is 6.95. The van der Waals surface area contributed by atoms with Crippen LogP contribution < -0.4 is 0 Å². The lowest BCUT2D eigenvalue weighted by atomic mass is 9.88. The van der Waals surface area contributed by atoms with E-state index in [9.17, 15) is 0 Å². The van der Waals surface area contributed by atoms with Crippen molar-refractivity contribution in [3.63, 3.8) is 0 Å². The number of hydrogen-bond donors (Lipinski definition) is 0. The fourth-order valence-electron chi connectivity index (χ4n) is 5.73. The Bertz CT molecular complexity index is 811. The van der Waals surface area contributed by atoms with Gasteiger partial charge in [0.25, 0.3) is 0 Å². The summed E-state index contributed by atoms with van der Waals surface area (Å²) >= 11 is 12.1. The summed E-state index contributed by atoms with van der Waals surface area (Å²) in [5, 5.41) is 2.24. The van der Waals surface area contributed by atoms with Crippen molar-refractivity contribution in [3.05, 3.63) is 32.4 Å². The van der Waals surface area contributed by atoms with E-state index in [1.165, 1.54) is 144 Å². The van der Waals surface area contributed by atoms with Gasteiger partial charge in [0, 0.05) is 14.6 Å². The largest absolute Gasteiger partial charge is 0.143 e. The fourth-order valence-corrected chi connectivity index (χ4v) is 9.51. The van der Waals surface area contributed by atoms with E-state index in [-0.39, 0.29) is 0 Å². The molecule has 2 atom stereocenters. The van der Waals surface area contributed by atoms with Crippen LogP contribution in [0.1, 0.15) is 154 Å². The van der Waals surface area contributed by atoms with Gasteiger partial charge in [-0.05, 0) is 89.4 Å². The molecule has 0 aliphatic carbocycles. The number of unbranched alkanes of at least 4 members (excludes halogenated alkanes) is 12. The lowest BCUT2D eigenvalue weighted by Gasteiger charge is -2.23. The first-order valence-electron chi connectivity index (χ1n) is 16.1. The monoisotopic (exact) mass is 686 g/mol. The lowest BCUT2D eigenvalue weighted by Crippen LogP contribution is -2.15. The SMILES string of the molecule is CCCCCCCCc1c(Br)sc(-c2cccs2)c1CCCC(CCCCCCCC)C(Br)CCCCC. The third-order valence-electron chi connectivity index (χ3n) is 8.12. The van der Waals surface area contributed by atoms with Gasteiger partial charge in [-0.2, -0.15) is 0 Å². The summed E-state index contributed by atoms with van der Waals surface area (Å²) in [7, 11) is 0. The molecule has 0 saturated heterocycles. The minimum atomic E-state index is 0.693. The van der Waals surface area contributed by atoms with Crippen LogP contribution in [0.25, 0.3) is 9.75 Å². The van der Waals surface area contributed by atoms with E-state index in [0.717, 1.165) is 5.92 Å². The van der Waals surface area contributed by atoms with Gasteiger partial charge in [0.15, 0.2) is 0 Å². The summed E-state index contributed by atoms with van der Waals surface area (Å²) < 4.78 is 1.39. The highest BCUT2D eigenvalue weighted by atomic mass is 79.9. The van der Waals surface area contributed by atoms with Gasteiger partial charge < -0.3 is 0 Å². The van der Waals surface area contributed by atoms with Crippen molar-refractivity contribution >= 4 is 54.5 Å². The second-order valence-electron chi connectivity index (χ2n) is 11.4. The summed E-state index contributed by atoms with van der Waals surface area (Å²) in [6.07, 6.45) is 28.7. The Labute approximate surface area is 261 Å². The maximum atomic E-state index is 4.18. The minimum absolute atomic E-state index is 0.693. The Morgan fingerprint density at radius 1 is 0.658 bits per heavy atom. The average Bonchev–Trinajstić information content (AvgIpc) is 3.55. The molecule has 0 saturated carbocycles. The Morgan fingerprint density at radius 2 is 1.21 bits per heavy atom. The first kappa shape index (κ1) is 34.6. The molecule has 2 rings (SSSR count). The van der Waals surface area contributed by atoms with Gasteiger partial charge in [-0.15, -0.1) is 22.7 Å². The number of alkyl halides is 1. The molecule has 0 bridgehead atoms. The van der Waals surface area contributed by atoms with E-state index >= 15 is 0 Å². The molecule has 0 aliphatic rings. The Hall–Kier alpha value is 0.360. The standard InChI is InChI=1S/C34H56Br2S2/c1-4-7-10-12-14-17-21-28(31(35)25-16-9-6-3)22-19-24-29-30(23-18-15-13-11-8-5-2)34(36)38-33(29)32-26-20-27-37-32/h20,26-28,31H,4-19,21-25H2,1-3H3. The van der Waals surface area contributed by atoms with Crippen molar-refractivity contribution in [2.75, 3.05) is 0 Å². The molecule has 2 unspecified atom stereocenters. The molecular weight excluding hydrogens is 632 g/mol. The van der Waals surface area contributed by atoms with E-state index in [0.29, 0.717) is 4.83 Å². The summed E-state index contributed by atoms with van der Waals surface area (Å²) in [4.78, 5) is 3.69. The van der Waals surface area contributed by atoms with Gasteiger partial charge in [-0.25, -0.2) is 0 Å². The van der Waals surface area contributed by atoms with Crippen LogP contribution in [0, 0.1) is 5.92 Å². The molecule has 0 spiro atoms. The zero-order valence-corrected chi connectivity index (χ0v) is 29.6. The van der Waals surface area contributed by atoms with E-state index < -0.39 is 0 Å². The first-order valence-corrected chi connectivity index (χ1v) is 19.5. The average molecular weight is 689 g/mol. The maximum Gasteiger partial charge on any atom is 0.0740 e. The van der Waals surface area contributed by atoms with Crippen LogP contribution in [0.3, 0.4) is 0 Å². The Kier molecular flexibility index (Phi) is 20.0. The summed E-state index contributed by atoms with van der Waals surface area (Å²) in [5.74, 6) is 0.826. The summed E-state index contributed by atoms with van der Waals surface area (Å²) in [5.41, 5.74) is 3.29. The molecule has 0 fully saturated rings. The normalized spacial score (nSPS) is 13.3. The highest BCUT2D eigenvalue weighted by Crippen LogP contribution is 2.43. The van der Waals surface area contributed by atoms with Gasteiger partial charge in [0.2, 0.25) is 0 Å². The molecule has 4 heteroatoms. The van der Waals surface area contributed by atoms with Crippen LogP contribution in [-0.2, 0) is 12.8 Å². The Morgan fingerprint density at radius 3 is 1.87 bits per heavy atom. The molecule has 0 radical (unpaired) electrons. The molecule has 0 N–H and O–H groups in total. The second kappa shape index (κ2) is 22.0. The van der Waals surface area contributed by atoms with Crippen molar-refractivity contribution in [1.29, 1.82) is 0 Å². The third-order valence-corrected chi connectivity index (χ3v) is 12.4. The van der Waals surface area contributed by atoms with Crippen LogP contribution in [0.2, 0.25) is 0 Å². The number of halogens is 2. The van der Waals surface area contributed by atoms with Crippen molar-refractivity contribution in [3.8, 4) is 9.75 Å². The molecular formula is C34H56Br2S2. The molecule has 38 heavy (non-hydrogen) atoms. The molecule has 2 aromatic heterocycles. The van der Waals surface area contributed by atoms with Crippen molar-refractivity contribution in [1.82, 2.24) is 0 Å². The van der Waals surface area contributed by atoms with Gasteiger partial charge in [0.1, 0.15) is 0 Å². The summed E-state index contributed by atoms with van der Waals surface area (Å²) in [6, 6.07) is 4.54. The quantitative estimate of drug-likeness (QED) is 0.0761. The lowest BCUT2D eigenvalue weighted by molar-refractivity contribution is 0.387. The van der Waals surface area contributed by atoms with Crippen molar-refractivity contribution in [2.45, 2.75) is 160 Å². The highest BCUT2D eigenvalue weighted by Gasteiger charge is 2.21. The zero-order valence-electron chi connectivity index (χ0n) is 24.8. The van der Waals surface area contributed by atoms with Crippen LogP contribution in [0.4, 0.5) is 0 Å².